The number of ether oxygens (including phenoxy) is 2. The van der Waals surface area contributed by atoms with E-state index in [1.165, 1.54) is 0 Å². The first-order valence-electron chi connectivity index (χ1n) is 6.85. The maximum Gasteiger partial charge on any atom is 0.305 e. The van der Waals surface area contributed by atoms with E-state index in [1.807, 2.05) is 31.2 Å². The minimum Gasteiger partial charge on any atom is -0.466 e. The third kappa shape index (κ3) is 3.36. The lowest BCUT2D eigenvalue weighted by molar-refractivity contribution is -0.143. The molecule has 20 heavy (non-hydrogen) atoms. The van der Waals surface area contributed by atoms with Gasteiger partial charge in [-0.25, -0.2) is 4.98 Å². The summed E-state index contributed by atoms with van der Waals surface area (Å²) in [4.78, 5) is 15.9. The molecule has 1 aromatic heterocycles. The van der Waals surface area contributed by atoms with Crippen LogP contribution in [-0.2, 0) is 27.4 Å². The third-order valence-corrected chi connectivity index (χ3v) is 3.07. The zero-order valence-corrected chi connectivity index (χ0v) is 12.0. The van der Waals surface area contributed by atoms with Gasteiger partial charge in [0.2, 0.25) is 0 Å². The number of para-hydroxylation sites is 2. The van der Waals surface area contributed by atoms with Crippen molar-refractivity contribution in [2.45, 2.75) is 32.9 Å². The second-order valence-electron chi connectivity index (χ2n) is 4.51. The van der Waals surface area contributed by atoms with Gasteiger partial charge in [-0.3, -0.25) is 4.79 Å². The van der Waals surface area contributed by atoms with E-state index in [0.29, 0.717) is 19.6 Å². The quantitative estimate of drug-likeness (QED) is 0.729. The highest BCUT2D eigenvalue weighted by Crippen LogP contribution is 2.17. The molecule has 0 aliphatic carbocycles. The van der Waals surface area contributed by atoms with E-state index in [-0.39, 0.29) is 5.97 Å². The average molecular weight is 276 g/mol. The topological polar surface area (TPSA) is 53.4 Å². The first-order chi connectivity index (χ1) is 9.76. The molecule has 0 amide bonds. The maximum absolute atomic E-state index is 11.4. The fourth-order valence-electron chi connectivity index (χ4n) is 2.23. The Morgan fingerprint density at radius 1 is 1.35 bits per heavy atom. The monoisotopic (exact) mass is 276 g/mol. The molecule has 0 saturated heterocycles. The van der Waals surface area contributed by atoms with Crippen LogP contribution in [0.1, 0.15) is 25.6 Å². The van der Waals surface area contributed by atoms with Crippen molar-refractivity contribution in [3.63, 3.8) is 0 Å². The van der Waals surface area contributed by atoms with E-state index in [1.54, 1.807) is 7.11 Å². The van der Waals surface area contributed by atoms with Crippen LogP contribution in [0.15, 0.2) is 24.3 Å². The van der Waals surface area contributed by atoms with Gasteiger partial charge in [0.25, 0.3) is 0 Å². The summed E-state index contributed by atoms with van der Waals surface area (Å²) in [5.74, 6) is 0.739. The zero-order chi connectivity index (χ0) is 14.4. The molecule has 5 nitrogen and oxygen atoms in total. The second-order valence-corrected chi connectivity index (χ2v) is 4.51. The number of hydrogen-bond donors (Lipinski definition) is 0. The van der Waals surface area contributed by atoms with Crippen LogP contribution in [0.3, 0.4) is 0 Å². The summed E-state index contributed by atoms with van der Waals surface area (Å²) in [6.45, 7) is 3.45. The van der Waals surface area contributed by atoms with E-state index in [9.17, 15) is 4.79 Å². The molecule has 0 fully saturated rings. The van der Waals surface area contributed by atoms with Crippen LogP contribution in [0, 0.1) is 0 Å². The number of hydrogen-bond acceptors (Lipinski definition) is 4. The van der Waals surface area contributed by atoms with Gasteiger partial charge in [0.1, 0.15) is 12.4 Å². The number of methoxy groups -OCH3 is 1. The molecule has 2 rings (SSSR count). The fourth-order valence-corrected chi connectivity index (χ4v) is 2.23. The Balaban J connectivity index is 2.10. The lowest BCUT2D eigenvalue weighted by Gasteiger charge is -2.08. The average Bonchev–Trinajstić information content (AvgIpc) is 2.78. The van der Waals surface area contributed by atoms with Crippen molar-refractivity contribution < 1.29 is 14.3 Å². The molecule has 0 N–H and O–H groups in total. The minimum atomic E-state index is -0.148. The molecule has 2 aromatic rings. The highest BCUT2D eigenvalue weighted by atomic mass is 16.5. The summed E-state index contributed by atoms with van der Waals surface area (Å²) in [7, 11) is 1.66. The number of rotatable bonds is 7. The van der Waals surface area contributed by atoms with Crippen molar-refractivity contribution in [1.29, 1.82) is 0 Å². The summed E-state index contributed by atoms with van der Waals surface area (Å²) in [6, 6.07) is 7.97. The van der Waals surface area contributed by atoms with Crippen molar-refractivity contribution >= 4 is 17.0 Å². The Bertz CT molecular complexity index is 578. The van der Waals surface area contributed by atoms with Gasteiger partial charge < -0.3 is 14.0 Å². The molecule has 0 saturated carbocycles. The maximum atomic E-state index is 11.4. The molecule has 108 valence electrons. The molecule has 0 bridgehead atoms. The van der Waals surface area contributed by atoms with Gasteiger partial charge >= 0.3 is 5.97 Å². The van der Waals surface area contributed by atoms with Crippen LogP contribution in [0.4, 0.5) is 0 Å². The summed E-state index contributed by atoms with van der Waals surface area (Å²) >= 11 is 0. The molecule has 0 aliphatic rings. The number of esters is 1. The lowest BCUT2D eigenvalue weighted by atomic mass is 10.3. The van der Waals surface area contributed by atoms with Crippen LogP contribution in [0.5, 0.6) is 0 Å². The van der Waals surface area contributed by atoms with Gasteiger partial charge in [-0.05, 0) is 25.5 Å². The molecular weight excluding hydrogens is 256 g/mol. The molecule has 0 spiro atoms. The van der Waals surface area contributed by atoms with Gasteiger partial charge in [0.05, 0.1) is 17.6 Å². The molecule has 1 heterocycles. The predicted molar refractivity (Wildman–Crippen MR) is 76.3 cm³/mol. The Kier molecular flexibility index (Phi) is 5.12. The van der Waals surface area contributed by atoms with Gasteiger partial charge in [0, 0.05) is 20.1 Å². The standard InChI is InChI=1S/C15H20N2O3/c1-3-20-15(18)9-6-10-17-13-8-5-4-7-12(13)16-14(17)11-19-2/h4-5,7-8H,3,6,9-11H2,1-2H3. The molecular formula is C15H20N2O3. The fraction of sp³-hybridized carbons (Fsp3) is 0.467. The highest BCUT2D eigenvalue weighted by molar-refractivity contribution is 5.76. The number of nitrogens with zero attached hydrogens (tertiary/aromatic N) is 2. The van der Waals surface area contributed by atoms with Crippen LogP contribution >= 0.6 is 0 Å². The largest absolute Gasteiger partial charge is 0.466 e. The predicted octanol–water partition coefficient (Wildman–Crippen LogP) is 2.53. The van der Waals surface area contributed by atoms with Gasteiger partial charge in [-0.15, -0.1) is 0 Å². The van der Waals surface area contributed by atoms with E-state index in [2.05, 4.69) is 9.55 Å². The van der Waals surface area contributed by atoms with Gasteiger partial charge in [-0.1, -0.05) is 12.1 Å². The van der Waals surface area contributed by atoms with Crippen molar-refractivity contribution in [3.8, 4) is 0 Å². The van der Waals surface area contributed by atoms with Crippen molar-refractivity contribution in [2.75, 3.05) is 13.7 Å². The highest BCUT2D eigenvalue weighted by Gasteiger charge is 2.10. The smallest absolute Gasteiger partial charge is 0.305 e. The number of imidazole rings is 1. The van der Waals surface area contributed by atoms with Crippen LogP contribution in [0.25, 0.3) is 11.0 Å². The summed E-state index contributed by atoms with van der Waals surface area (Å²) in [5, 5.41) is 0. The van der Waals surface area contributed by atoms with Crippen LogP contribution in [0.2, 0.25) is 0 Å². The third-order valence-electron chi connectivity index (χ3n) is 3.07. The first-order valence-corrected chi connectivity index (χ1v) is 6.85. The number of carbonyl (C=O) groups excluding carboxylic acids is 1. The number of aryl methyl sites for hydroxylation is 1. The van der Waals surface area contributed by atoms with E-state index in [4.69, 9.17) is 9.47 Å². The van der Waals surface area contributed by atoms with E-state index >= 15 is 0 Å². The summed E-state index contributed by atoms with van der Waals surface area (Å²) in [5.41, 5.74) is 2.03. The zero-order valence-electron chi connectivity index (χ0n) is 12.0. The number of aromatic nitrogens is 2. The van der Waals surface area contributed by atoms with Crippen molar-refractivity contribution in [2.24, 2.45) is 0 Å². The molecule has 0 aliphatic heterocycles. The number of fused-ring (bicyclic) bond motifs is 1. The Labute approximate surface area is 118 Å². The van der Waals surface area contributed by atoms with Crippen molar-refractivity contribution in [1.82, 2.24) is 9.55 Å². The van der Waals surface area contributed by atoms with E-state index < -0.39 is 0 Å². The Morgan fingerprint density at radius 3 is 2.90 bits per heavy atom. The van der Waals surface area contributed by atoms with E-state index in [0.717, 1.165) is 29.8 Å². The summed E-state index contributed by atoms with van der Waals surface area (Å²) < 4.78 is 12.2. The molecule has 0 unspecified atom stereocenters. The molecule has 5 heteroatoms. The Hall–Kier alpha value is -1.88. The van der Waals surface area contributed by atoms with Gasteiger partial charge in [0.15, 0.2) is 0 Å². The minimum absolute atomic E-state index is 0.148. The normalized spacial score (nSPS) is 10.9. The van der Waals surface area contributed by atoms with Crippen LogP contribution < -0.4 is 0 Å². The molecule has 0 radical (unpaired) electrons. The lowest BCUT2D eigenvalue weighted by Crippen LogP contribution is -2.09. The molecule has 1 aromatic carbocycles. The SMILES string of the molecule is CCOC(=O)CCCn1c(COC)nc2ccccc21. The number of carbonyl (C=O) groups is 1. The summed E-state index contributed by atoms with van der Waals surface area (Å²) in [6.07, 6.45) is 1.16. The second kappa shape index (κ2) is 7.05. The molecule has 0 atom stereocenters. The van der Waals surface area contributed by atoms with Gasteiger partial charge in [-0.2, -0.15) is 0 Å². The first kappa shape index (κ1) is 14.5. The van der Waals surface area contributed by atoms with Crippen LogP contribution in [-0.4, -0.2) is 29.2 Å². The Morgan fingerprint density at radius 2 is 2.15 bits per heavy atom. The van der Waals surface area contributed by atoms with Crippen molar-refractivity contribution in [3.05, 3.63) is 30.1 Å². The number of benzene rings is 1.